The van der Waals surface area contributed by atoms with Crippen molar-refractivity contribution in [3.05, 3.63) is 24.3 Å². The summed E-state index contributed by atoms with van der Waals surface area (Å²) in [5.41, 5.74) is 1.33. The molecule has 1 aromatic rings. The Hall–Kier alpha value is -2.24. The van der Waals surface area contributed by atoms with Crippen LogP contribution in [0.2, 0.25) is 0 Å². The fourth-order valence-corrected chi connectivity index (χ4v) is 2.50. The zero-order valence-corrected chi connectivity index (χ0v) is 14.0. The lowest BCUT2D eigenvalue weighted by atomic mass is 10.0. The number of carbonyl (C=O) groups excluding carboxylic acids is 2. The number of benzene rings is 1. The van der Waals surface area contributed by atoms with Crippen molar-refractivity contribution in [1.82, 2.24) is 4.90 Å². The summed E-state index contributed by atoms with van der Waals surface area (Å²) in [6.07, 6.45) is 2.19. The molecule has 0 spiro atoms. The summed E-state index contributed by atoms with van der Waals surface area (Å²) >= 11 is 0. The largest absolute Gasteiger partial charge is 0.444 e. The first kappa shape index (κ1) is 17.1. The van der Waals surface area contributed by atoms with Crippen LogP contribution in [0.25, 0.3) is 0 Å². The van der Waals surface area contributed by atoms with Crippen molar-refractivity contribution in [1.29, 1.82) is 0 Å². The highest BCUT2D eigenvalue weighted by molar-refractivity contribution is 5.72. The van der Waals surface area contributed by atoms with Gasteiger partial charge in [0, 0.05) is 30.5 Å². The highest BCUT2D eigenvalue weighted by Gasteiger charge is 2.26. The second kappa shape index (κ2) is 7.35. The molecule has 1 fully saturated rings. The van der Waals surface area contributed by atoms with Crippen molar-refractivity contribution < 1.29 is 14.3 Å². The topological polar surface area (TPSA) is 70.7 Å². The quantitative estimate of drug-likeness (QED) is 0.837. The molecule has 0 saturated carbocycles. The van der Waals surface area contributed by atoms with E-state index in [-0.39, 0.29) is 6.09 Å². The van der Waals surface area contributed by atoms with E-state index in [2.05, 4.69) is 10.6 Å². The minimum absolute atomic E-state index is 0.236. The third kappa shape index (κ3) is 5.47. The number of likely N-dealkylation sites (tertiary alicyclic amines) is 1. The van der Waals surface area contributed by atoms with Gasteiger partial charge in [-0.1, -0.05) is 0 Å². The molecule has 1 heterocycles. The predicted octanol–water partition coefficient (Wildman–Crippen LogP) is 3.07. The van der Waals surface area contributed by atoms with Crippen LogP contribution in [0.5, 0.6) is 0 Å². The first-order valence-corrected chi connectivity index (χ1v) is 7.92. The molecule has 2 amide bonds. The van der Waals surface area contributed by atoms with Crippen LogP contribution in [-0.4, -0.2) is 42.1 Å². The Kier molecular flexibility index (Phi) is 5.47. The third-order valence-corrected chi connectivity index (χ3v) is 3.63. The second-order valence-corrected chi connectivity index (χ2v) is 6.73. The standard InChI is InChI=1S/C17H25N3O3/c1-17(2,3)23-16(22)20-10-8-15(9-11-20)19-14-6-4-13(5-7-14)18-12-21/h4-7,12,15,19H,8-11H2,1-3H3,(H,18,21). The molecule has 0 unspecified atom stereocenters. The number of nitrogens with zero attached hydrogens (tertiary/aromatic N) is 1. The van der Waals surface area contributed by atoms with Gasteiger partial charge in [-0.05, 0) is 57.9 Å². The summed E-state index contributed by atoms with van der Waals surface area (Å²) < 4.78 is 5.40. The summed E-state index contributed by atoms with van der Waals surface area (Å²) in [5, 5.41) is 6.07. The van der Waals surface area contributed by atoms with Crippen molar-refractivity contribution in [2.45, 2.75) is 45.3 Å². The molecule has 1 aliphatic heterocycles. The Labute approximate surface area is 137 Å². The van der Waals surface area contributed by atoms with E-state index >= 15 is 0 Å². The average Bonchev–Trinajstić information content (AvgIpc) is 2.48. The van der Waals surface area contributed by atoms with E-state index in [1.54, 1.807) is 4.90 Å². The number of nitrogens with one attached hydrogen (secondary N) is 2. The highest BCUT2D eigenvalue weighted by Crippen LogP contribution is 2.20. The Morgan fingerprint density at radius 2 is 1.74 bits per heavy atom. The van der Waals surface area contributed by atoms with Crippen LogP contribution in [-0.2, 0) is 9.53 Å². The van der Waals surface area contributed by atoms with Gasteiger partial charge < -0.3 is 20.3 Å². The lowest BCUT2D eigenvalue weighted by Gasteiger charge is -2.34. The fourth-order valence-electron chi connectivity index (χ4n) is 2.50. The second-order valence-electron chi connectivity index (χ2n) is 6.73. The minimum atomic E-state index is -0.455. The number of carbonyl (C=O) groups is 2. The van der Waals surface area contributed by atoms with Crippen molar-refractivity contribution in [2.75, 3.05) is 23.7 Å². The van der Waals surface area contributed by atoms with Gasteiger partial charge in [-0.15, -0.1) is 0 Å². The van der Waals surface area contributed by atoms with E-state index in [0.29, 0.717) is 25.5 Å². The first-order chi connectivity index (χ1) is 10.9. The zero-order valence-electron chi connectivity index (χ0n) is 14.0. The summed E-state index contributed by atoms with van der Waals surface area (Å²) in [5.74, 6) is 0. The molecule has 0 bridgehead atoms. The molecule has 1 aliphatic rings. The number of anilines is 2. The number of hydrogen-bond acceptors (Lipinski definition) is 4. The van der Waals surface area contributed by atoms with Crippen molar-refractivity contribution in [3.63, 3.8) is 0 Å². The maximum atomic E-state index is 12.0. The van der Waals surface area contributed by atoms with E-state index in [9.17, 15) is 9.59 Å². The number of rotatable bonds is 4. The van der Waals surface area contributed by atoms with Gasteiger partial charge >= 0.3 is 6.09 Å². The predicted molar refractivity (Wildman–Crippen MR) is 90.6 cm³/mol. The maximum Gasteiger partial charge on any atom is 0.410 e. The van der Waals surface area contributed by atoms with E-state index in [4.69, 9.17) is 4.74 Å². The summed E-state index contributed by atoms with van der Waals surface area (Å²) in [6, 6.07) is 7.91. The van der Waals surface area contributed by atoms with Crippen LogP contribution >= 0.6 is 0 Å². The highest BCUT2D eigenvalue weighted by atomic mass is 16.6. The van der Waals surface area contributed by atoms with E-state index < -0.39 is 5.60 Å². The Morgan fingerprint density at radius 1 is 1.17 bits per heavy atom. The summed E-state index contributed by atoms with van der Waals surface area (Å²) in [7, 11) is 0. The molecule has 0 radical (unpaired) electrons. The van der Waals surface area contributed by atoms with Gasteiger partial charge in [0.15, 0.2) is 0 Å². The lowest BCUT2D eigenvalue weighted by molar-refractivity contribution is -0.105. The molecule has 23 heavy (non-hydrogen) atoms. The normalized spacial score (nSPS) is 15.9. The lowest BCUT2D eigenvalue weighted by Crippen LogP contribution is -2.44. The molecule has 6 nitrogen and oxygen atoms in total. The third-order valence-electron chi connectivity index (χ3n) is 3.63. The Morgan fingerprint density at radius 3 is 2.26 bits per heavy atom. The van der Waals surface area contributed by atoms with Crippen LogP contribution in [0, 0.1) is 0 Å². The maximum absolute atomic E-state index is 12.0. The van der Waals surface area contributed by atoms with Gasteiger partial charge in [0.2, 0.25) is 6.41 Å². The number of hydrogen-bond donors (Lipinski definition) is 2. The molecule has 2 rings (SSSR count). The molecule has 6 heteroatoms. The minimum Gasteiger partial charge on any atom is -0.444 e. The molecule has 1 aromatic carbocycles. The Bertz CT molecular complexity index is 529. The van der Waals surface area contributed by atoms with E-state index in [1.165, 1.54) is 0 Å². The average molecular weight is 319 g/mol. The van der Waals surface area contributed by atoms with Gasteiger partial charge in [-0.3, -0.25) is 4.79 Å². The molecular formula is C17H25N3O3. The van der Waals surface area contributed by atoms with Crippen molar-refractivity contribution >= 4 is 23.9 Å². The smallest absolute Gasteiger partial charge is 0.410 e. The molecule has 0 aliphatic carbocycles. The number of ether oxygens (including phenoxy) is 1. The van der Waals surface area contributed by atoms with E-state index in [0.717, 1.165) is 24.2 Å². The van der Waals surface area contributed by atoms with Crippen molar-refractivity contribution in [2.24, 2.45) is 0 Å². The molecule has 126 valence electrons. The SMILES string of the molecule is CC(C)(C)OC(=O)N1CCC(Nc2ccc(NC=O)cc2)CC1. The molecule has 2 N–H and O–H groups in total. The van der Waals surface area contributed by atoms with Crippen LogP contribution in [0.15, 0.2) is 24.3 Å². The van der Waals surface area contributed by atoms with Crippen LogP contribution < -0.4 is 10.6 Å². The van der Waals surface area contributed by atoms with Gasteiger partial charge in [0.1, 0.15) is 5.60 Å². The summed E-state index contributed by atoms with van der Waals surface area (Å²) in [6.45, 7) is 7.02. The molecule has 0 atom stereocenters. The van der Waals surface area contributed by atoms with Gasteiger partial charge in [0.05, 0.1) is 0 Å². The van der Waals surface area contributed by atoms with Crippen LogP contribution in [0.1, 0.15) is 33.6 Å². The molecule has 0 aromatic heterocycles. The molecular weight excluding hydrogens is 294 g/mol. The molecule has 1 saturated heterocycles. The Balaban J connectivity index is 1.80. The van der Waals surface area contributed by atoms with E-state index in [1.807, 2.05) is 45.0 Å². The number of amides is 2. The van der Waals surface area contributed by atoms with Crippen LogP contribution in [0.4, 0.5) is 16.2 Å². The van der Waals surface area contributed by atoms with Gasteiger partial charge in [-0.25, -0.2) is 4.79 Å². The van der Waals surface area contributed by atoms with Crippen molar-refractivity contribution in [3.8, 4) is 0 Å². The summed E-state index contributed by atoms with van der Waals surface area (Å²) in [4.78, 5) is 24.2. The van der Waals surface area contributed by atoms with Crippen LogP contribution in [0.3, 0.4) is 0 Å². The monoisotopic (exact) mass is 319 g/mol. The first-order valence-electron chi connectivity index (χ1n) is 7.92. The van der Waals surface area contributed by atoms with Gasteiger partial charge in [0.25, 0.3) is 0 Å². The number of piperidine rings is 1. The van der Waals surface area contributed by atoms with Gasteiger partial charge in [-0.2, -0.15) is 0 Å². The zero-order chi connectivity index (χ0) is 16.9. The fraction of sp³-hybridized carbons (Fsp3) is 0.529.